The maximum absolute atomic E-state index is 14.5. The molecule has 2 saturated heterocycles. The summed E-state index contributed by atoms with van der Waals surface area (Å²) in [5.74, 6) is 1.03. The molecular formula is C42H49Cl2N3O5. The first-order valence-corrected chi connectivity index (χ1v) is 19.6. The third-order valence-electron chi connectivity index (χ3n) is 11.6. The van der Waals surface area contributed by atoms with E-state index >= 15 is 0 Å². The lowest BCUT2D eigenvalue weighted by atomic mass is 9.72. The molecule has 1 N–H and O–H groups in total. The van der Waals surface area contributed by atoms with Crippen molar-refractivity contribution in [1.82, 2.24) is 14.4 Å². The second-order valence-electron chi connectivity index (χ2n) is 15.0. The third-order valence-corrected chi connectivity index (χ3v) is 12.4. The number of halogens is 2. The van der Waals surface area contributed by atoms with Crippen LogP contribution in [0.1, 0.15) is 84.1 Å². The molecule has 1 spiro atoms. The minimum Gasteiger partial charge on any atom is -0.494 e. The molecule has 7 rings (SSSR count). The van der Waals surface area contributed by atoms with Gasteiger partial charge in [0.2, 0.25) is 5.91 Å². The van der Waals surface area contributed by atoms with Crippen LogP contribution in [0, 0.1) is 19.3 Å². The van der Waals surface area contributed by atoms with Gasteiger partial charge in [-0.05, 0) is 125 Å². The second kappa shape index (κ2) is 15.7. The molecule has 0 aliphatic carbocycles. The predicted octanol–water partition coefficient (Wildman–Crippen LogP) is 9.11. The van der Waals surface area contributed by atoms with Crippen molar-refractivity contribution < 1.29 is 24.2 Å². The van der Waals surface area contributed by atoms with Crippen LogP contribution < -0.4 is 9.47 Å². The lowest BCUT2D eigenvalue weighted by molar-refractivity contribution is -0.147. The number of nitrogens with zero attached hydrogens (tertiary/aromatic N) is 3. The number of carbonyl (C=O) groups is 2. The fourth-order valence-corrected chi connectivity index (χ4v) is 9.04. The van der Waals surface area contributed by atoms with E-state index in [-0.39, 0.29) is 17.6 Å². The number of benzene rings is 3. The monoisotopic (exact) mass is 745 g/mol. The third kappa shape index (κ3) is 7.53. The topological polar surface area (TPSA) is 84.2 Å². The maximum Gasteiger partial charge on any atom is 0.352 e. The number of fused-ring (bicyclic) bond motifs is 3. The molecule has 52 heavy (non-hydrogen) atoms. The molecule has 10 heteroatoms. The molecule has 4 heterocycles. The summed E-state index contributed by atoms with van der Waals surface area (Å²) in [6, 6.07) is 17.9. The summed E-state index contributed by atoms with van der Waals surface area (Å²) in [5, 5.41) is 12.8. The van der Waals surface area contributed by atoms with E-state index in [0.717, 1.165) is 115 Å². The first-order valence-electron chi connectivity index (χ1n) is 18.8. The Balaban J connectivity index is 1.08. The molecular weight excluding hydrogens is 697 g/mol. The highest BCUT2D eigenvalue weighted by molar-refractivity contribution is 6.32. The van der Waals surface area contributed by atoms with Crippen molar-refractivity contribution in [2.75, 3.05) is 32.8 Å². The average molecular weight is 747 g/mol. The number of carboxylic acid groups (broad SMARTS) is 1. The van der Waals surface area contributed by atoms with Gasteiger partial charge in [-0.25, -0.2) is 4.79 Å². The number of ether oxygens (including phenoxy) is 2. The van der Waals surface area contributed by atoms with E-state index < -0.39 is 11.4 Å². The molecule has 3 aliphatic rings. The van der Waals surface area contributed by atoms with Crippen LogP contribution >= 0.6 is 23.2 Å². The van der Waals surface area contributed by atoms with Crippen molar-refractivity contribution in [2.24, 2.45) is 5.41 Å². The number of amides is 1. The van der Waals surface area contributed by atoms with Crippen molar-refractivity contribution in [3.63, 3.8) is 0 Å². The molecule has 1 amide bonds. The number of hydrogen-bond donors (Lipinski definition) is 1. The van der Waals surface area contributed by atoms with Gasteiger partial charge in [0.1, 0.15) is 23.8 Å². The number of piperidine rings is 1. The molecule has 3 aromatic carbocycles. The molecule has 8 nitrogen and oxygen atoms in total. The number of para-hydroxylation sites is 1. The number of aromatic carboxylic acids is 1. The van der Waals surface area contributed by atoms with Gasteiger partial charge in [0.15, 0.2) is 0 Å². The lowest BCUT2D eigenvalue weighted by Gasteiger charge is -2.44. The van der Waals surface area contributed by atoms with E-state index in [9.17, 15) is 14.7 Å². The summed E-state index contributed by atoms with van der Waals surface area (Å²) < 4.78 is 14.3. The molecule has 0 radical (unpaired) electrons. The van der Waals surface area contributed by atoms with Crippen molar-refractivity contribution in [3.8, 4) is 11.5 Å². The second-order valence-corrected chi connectivity index (χ2v) is 15.8. The smallest absolute Gasteiger partial charge is 0.352 e. The van der Waals surface area contributed by atoms with Crippen LogP contribution in [0.4, 0.5) is 0 Å². The van der Waals surface area contributed by atoms with E-state index in [1.807, 2.05) is 54.8 Å². The molecule has 276 valence electrons. The number of aromatic nitrogens is 1. The van der Waals surface area contributed by atoms with Crippen LogP contribution in [0.15, 0.2) is 54.6 Å². The average Bonchev–Trinajstić information content (AvgIpc) is 3.72. The van der Waals surface area contributed by atoms with Crippen LogP contribution in [0.3, 0.4) is 0 Å². The molecule has 0 unspecified atom stereocenters. The van der Waals surface area contributed by atoms with E-state index in [2.05, 4.69) is 28.0 Å². The summed E-state index contributed by atoms with van der Waals surface area (Å²) in [5.41, 5.74) is 4.65. The lowest BCUT2D eigenvalue weighted by Crippen LogP contribution is -2.52. The zero-order chi connectivity index (χ0) is 36.4. The number of rotatable bonds is 8. The highest BCUT2D eigenvalue weighted by atomic mass is 35.5. The van der Waals surface area contributed by atoms with Crippen LogP contribution in [-0.4, -0.2) is 70.2 Å². The van der Waals surface area contributed by atoms with Gasteiger partial charge >= 0.3 is 5.97 Å². The van der Waals surface area contributed by atoms with Crippen LogP contribution in [0.25, 0.3) is 10.9 Å². The minimum atomic E-state index is -0.959. The fraction of sp³-hybridized carbons (Fsp3) is 0.476. The normalized spacial score (nSPS) is 19.5. The first kappa shape index (κ1) is 36.6. The fourth-order valence-electron chi connectivity index (χ4n) is 8.76. The van der Waals surface area contributed by atoms with E-state index in [0.29, 0.717) is 37.7 Å². The number of aryl methyl sites for hydroxylation is 4. The van der Waals surface area contributed by atoms with Gasteiger partial charge in [0.25, 0.3) is 0 Å². The van der Waals surface area contributed by atoms with Gasteiger partial charge in [0, 0.05) is 40.6 Å². The van der Waals surface area contributed by atoms with Gasteiger partial charge < -0.3 is 24.0 Å². The van der Waals surface area contributed by atoms with Gasteiger partial charge in [-0.1, -0.05) is 53.9 Å². The van der Waals surface area contributed by atoms with Gasteiger partial charge in [-0.2, -0.15) is 0 Å². The molecule has 4 aromatic rings. The van der Waals surface area contributed by atoms with E-state index in [1.54, 1.807) is 0 Å². The van der Waals surface area contributed by atoms with Crippen molar-refractivity contribution >= 4 is 46.0 Å². The first-order chi connectivity index (χ1) is 25.1. The highest BCUT2D eigenvalue weighted by Crippen LogP contribution is 2.42. The zero-order valence-electron chi connectivity index (χ0n) is 30.3. The molecule has 0 bridgehead atoms. The Kier molecular flexibility index (Phi) is 11.1. The van der Waals surface area contributed by atoms with Crippen LogP contribution in [-0.2, 0) is 24.3 Å². The Bertz CT molecular complexity index is 1930. The quantitative estimate of drug-likeness (QED) is 0.181. The van der Waals surface area contributed by atoms with Gasteiger partial charge in [-0.3, -0.25) is 9.69 Å². The minimum absolute atomic E-state index is 0.0933. The summed E-state index contributed by atoms with van der Waals surface area (Å²) in [4.78, 5) is 31.9. The Hall–Kier alpha value is -3.72. The van der Waals surface area contributed by atoms with Crippen LogP contribution in [0.2, 0.25) is 10.0 Å². The Morgan fingerprint density at radius 2 is 1.75 bits per heavy atom. The summed E-state index contributed by atoms with van der Waals surface area (Å²) in [7, 11) is 0. The SMILES string of the molecule is Cc1cc(OCCCn2c(C(=O)O)c(CN3CCC4(CCCCc5ccccc5OC[C@H]5CCCN5C4=O)CC3)c3ccc(Cl)cc32)cc(C)c1Cl. The molecule has 0 saturated carbocycles. The number of carbonyl (C=O) groups excluding carboxylic acids is 1. The molecule has 2 fully saturated rings. The molecule has 1 atom stereocenters. The van der Waals surface area contributed by atoms with E-state index in [1.165, 1.54) is 5.56 Å². The number of carboxylic acids is 1. The summed E-state index contributed by atoms with van der Waals surface area (Å²) in [6.45, 7) is 8.08. The van der Waals surface area contributed by atoms with Gasteiger partial charge in [-0.15, -0.1) is 0 Å². The largest absolute Gasteiger partial charge is 0.494 e. The standard InChI is InChI=1S/C42H49Cl2N3O5/c1-28-23-33(24-29(2)38(28)44)51-22-8-19-47-36-25-31(43)13-14-34(36)35(39(47)40(48)49)26-45-20-16-42(17-21-45)15-6-5-10-30-9-3-4-12-37(30)52-27-32-11-7-18-46(32)41(42)50/h3-4,9,12-14,23-25,32H,5-8,10-11,15-22,26-27H2,1-2H3,(H,48,49)/t32-/m1/s1. The number of likely N-dealkylation sites (tertiary alicyclic amines) is 1. The van der Waals surface area contributed by atoms with Crippen molar-refractivity contribution in [1.29, 1.82) is 0 Å². The van der Waals surface area contributed by atoms with E-state index in [4.69, 9.17) is 32.7 Å². The van der Waals surface area contributed by atoms with Gasteiger partial charge in [0.05, 0.1) is 23.6 Å². The number of hydrogen-bond acceptors (Lipinski definition) is 5. The molecule has 1 aromatic heterocycles. The predicted molar refractivity (Wildman–Crippen MR) is 206 cm³/mol. The van der Waals surface area contributed by atoms with Crippen LogP contribution in [0.5, 0.6) is 11.5 Å². The maximum atomic E-state index is 14.5. The summed E-state index contributed by atoms with van der Waals surface area (Å²) >= 11 is 12.8. The Morgan fingerprint density at radius 1 is 0.981 bits per heavy atom. The zero-order valence-corrected chi connectivity index (χ0v) is 31.8. The molecule has 3 aliphatic heterocycles. The Labute approximate surface area is 316 Å². The Morgan fingerprint density at radius 3 is 2.52 bits per heavy atom. The van der Waals surface area contributed by atoms with Crippen molar-refractivity contribution in [2.45, 2.75) is 90.8 Å². The summed E-state index contributed by atoms with van der Waals surface area (Å²) in [6.07, 6.45) is 7.92. The van der Waals surface area contributed by atoms with Crippen molar-refractivity contribution in [3.05, 3.63) is 92.6 Å². The highest BCUT2D eigenvalue weighted by Gasteiger charge is 2.46.